The van der Waals surface area contributed by atoms with Gasteiger partial charge in [0.1, 0.15) is 5.00 Å². The number of benzene rings is 1. The third kappa shape index (κ3) is 4.07. The predicted molar refractivity (Wildman–Crippen MR) is 81.8 cm³/mol. The summed E-state index contributed by atoms with van der Waals surface area (Å²) in [6.07, 6.45) is 0. The van der Waals surface area contributed by atoms with E-state index in [-0.39, 0.29) is 15.7 Å². The Bertz CT molecular complexity index is 789. The van der Waals surface area contributed by atoms with Crippen molar-refractivity contribution in [1.82, 2.24) is 4.98 Å². The fourth-order valence-electron chi connectivity index (χ4n) is 1.49. The lowest BCUT2D eigenvalue weighted by atomic mass is 10.2. The largest absolute Gasteiger partial charge is 0.476 e. The van der Waals surface area contributed by atoms with E-state index in [1.165, 1.54) is 23.7 Å². The molecule has 1 aromatic carbocycles. The van der Waals surface area contributed by atoms with E-state index in [0.717, 1.165) is 11.3 Å². The van der Waals surface area contributed by atoms with E-state index in [0.29, 0.717) is 10.6 Å². The van der Waals surface area contributed by atoms with E-state index in [2.05, 4.69) is 9.71 Å². The van der Waals surface area contributed by atoms with Crippen LogP contribution in [0, 0.1) is 0 Å². The zero-order valence-corrected chi connectivity index (χ0v) is 13.4. The van der Waals surface area contributed by atoms with Gasteiger partial charge in [0.25, 0.3) is 0 Å². The number of hydrogen-bond donors (Lipinski definition) is 2. The monoisotopic (exact) mass is 366 g/mol. The van der Waals surface area contributed by atoms with E-state index < -0.39 is 21.7 Å². The predicted octanol–water partition coefficient (Wildman–Crippen LogP) is 3.09. The van der Waals surface area contributed by atoms with Crippen LogP contribution in [0.4, 0.5) is 5.00 Å². The smallest absolute Gasteiger partial charge is 0.357 e. The Morgan fingerprint density at radius 3 is 2.71 bits per heavy atom. The summed E-state index contributed by atoms with van der Waals surface area (Å²) in [5, 5.41) is 9.45. The molecule has 10 heteroatoms. The van der Waals surface area contributed by atoms with Crippen molar-refractivity contribution in [1.29, 1.82) is 0 Å². The van der Waals surface area contributed by atoms with Crippen LogP contribution in [0.15, 0.2) is 23.7 Å². The van der Waals surface area contributed by atoms with Crippen LogP contribution in [0.3, 0.4) is 0 Å². The molecule has 0 bridgehead atoms. The Kier molecular flexibility index (Phi) is 4.72. The van der Waals surface area contributed by atoms with E-state index in [4.69, 9.17) is 28.3 Å². The second-order valence-corrected chi connectivity index (χ2v) is 7.35. The van der Waals surface area contributed by atoms with Crippen molar-refractivity contribution in [3.63, 3.8) is 0 Å². The molecule has 2 N–H and O–H groups in total. The zero-order valence-electron chi connectivity index (χ0n) is 10.2. The van der Waals surface area contributed by atoms with Gasteiger partial charge in [0, 0.05) is 10.0 Å². The average Bonchev–Trinajstić information content (AvgIpc) is 2.80. The molecule has 0 radical (unpaired) electrons. The maximum absolute atomic E-state index is 12.1. The van der Waals surface area contributed by atoms with Crippen molar-refractivity contribution < 1.29 is 18.3 Å². The first kappa shape index (κ1) is 16.0. The lowest BCUT2D eigenvalue weighted by molar-refractivity contribution is 0.0692. The molecule has 0 aliphatic carbocycles. The van der Waals surface area contributed by atoms with Gasteiger partial charge in [-0.3, -0.25) is 4.72 Å². The van der Waals surface area contributed by atoms with Gasteiger partial charge in [-0.05, 0) is 17.7 Å². The van der Waals surface area contributed by atoms with Crippen molar-refractivity contribution in [2.45, 2.75) is 5.75 Å². The van der Waals surface area contributed by atoms with Crippen LogP contribution in [-0.4, -0.2) is 24.5 Å². The molecule has 0 spiro atoms. The van der Waals surface area contributed by atoms with Gasteiger partial charge in [0.2, 0.25) is 10.0 Å². The van der Waals surface area contributed by atoms with Gasteiger partial charge in [0.15, 0.2) is 5.69 Å². The number of halogens is 2. The SMILES string of the molecule is O=C(O)c1ncsc1NS(=O)(=O)Cc1ccc(Cl)cc1Cl. The van der Waals surface area contributed by atoms with Gasteiger partial charge in [0.05, 0.1) is 11.3 Å². The number of carboxylic acids is 1. The highest BCUT2D eigenvalue weighted by molar-refractivity contribution is 7.92. The number of aromatic carboxylic acids is 1. The lowest BCUT2D eigenvalue weighted by Crippen LogP contribution is -2.16. The van der Waals surface area contributed by atoms with Crippen molar-refractivity contribution >= 4 is 55.5 Å². The molecule has 21 heavy (non-hydrogen) atoms. The molecule has 2 aromatic rings. The summed E-state index contributed by atoms with van der Waals surface area (Å²) in [5.41, 5.74) is 1.26. The minimum atomic E-state index is -3.82. The highest BCUT2D eigenvalue weighted by Crippen LogP contribution is 2.25. The summed E-state index contributed by atoms with van der Waals surface area (Å²) in [6, 6.07) is 4.45. The van der Waals surface area contributed by atoms with Crippen LogP contribution in [0.25, 0.3) is 0 Å². The minimum Gasteiger partial charge on any atom is -0.476 e. The third-order valence-electron chi connectivity index (χ3n) is 2.38. The molecular formula is C11H8Cl2N2O4S2. The minimum absolute atomic E-state index is 0.0485. The second kappa shape index (κ2) is 6.18. The van der Waals surface area contributed by atoms with E-state index in [1.807, 2.05) is 0 Å². The molecule has 0 saturated carbocycles. The van der Waals surface area contributed by atoms with E-state index in [9.17, 15) is 13.2 Å². The number of thiazole rings is 1. The maximum Gasteiger partial charge on any atom is 0.357 e. The first-order valence-electron chi connectivity index (χ1n) is 5.40. The molecule has 0 aliphatic heterocycles. The molecule has 0 aliphatic rings. The molecule has 0 atom stereocenters. The second-order valence-electron chi connectivity index (χ2n) is 3.93. The van der Waals surface area contributed by atoms with Crippen molar-refractivity contribution in [3.8, 4) is 0 Å². The van der Waals surface area contributed by atoms with Gasteiger partial charge in [-0.1, -0.05) is 29.3 Å². The van der Waals surface area contributed by atoms with Crippen LogP contribution in [-0.2, 0) is 15.8 Å². The van der Waals surface area contributed by atoms with Crippen molar-refractivity contribution in [3.05, 3.63) is 45.0 Å². The first-order valence-corrected chi connectivity index (χ1v) is 8.68. The summed E-state index contributed by atoms with van der Waals surface area (Å²) in [6.45, 7) is 0. The standard InChI is InChI=1S/C11H8Cl2N2O4S2/c12-7-2-1-6(8(13)3-7)4-21(18,19)15-10-9(11(16)17)14-5-20-10/h1-3,5,15H,4H2,(H,16,17). The Morgan fingerprint density at radius 1 is 1.38 bits per heavy atom. The molecule has 2 rings (SSSR count). The fraction of sp³-hybridized carbons (Fsp3) is 0.0909. The maximum atomic E-state index is 12.1. The molecule has 112 valence electrons. The van der Waals surface area contributed by atoms with Crippen molar-refractivity contribution in [2.75, 3.05) is 4.72 Å². The number of nitrogens with one attached hydrogen (secondary N) is 1. The molecule has 0 unspecified atom stereocenters. The molecule has 1 aromatic heterocycles. The number of aromatic nitrogens is 1. The zero-order chi connectivity index (χ0) is 15.6. The highest BCUT2D eigenvalue weighted by Gasteiger charge is 2.20. The Balaban J connectivity index is 2.23. The molecule has 0 saturated heterocycles. The quantitative estimate of drug-likeness (QED) is 0.847. The molecule has 1 heterocycles. The number of carboxylic acid groups (broad SMARTS) is 1. The van der Waals surface area contributed by atoms with Gasteiger partial charge in [-0.25, -0.2) is 18.2 Å². The van der Waals surface area contributed by atoms with E-state index >= 15 is 0 Å². The summed E-state index contributed by atoms with van der Waals surface area (Å²) in [7, 11) is -3.82. The summed E-state index contributed by atoms with van der Waals surface area (Å²) in [5.74, 6) is -1.71. The fourth-order valence-corrected chi connectivity index (χ4v) is 4.25. The van der Waals surface area contributed by atoms with Crippen LogP contribution in [0.1, 0.15) is 16.1 Å². The Labute approximate surface area is 134 Å². The molecular weight excluding hydrogens is 359 g/mol. The van der Waals surface area contributed by atoms with Crippen LogP contribution >= 0.6 is 34.5 Å². The normalized spacial score (nSPS) is 11.3. The average molecular weight is 367 g/mol. The van der Waals surface area contributed by atoms with Gasteiger partial charge < -0.3 is 5.11 Å². The number of hydrogen-bond acceptors (Lipinski definition) is 5. The van der Waals surface area contributed by atoms with Gasteiger partial charge in [-0.15, -0.1) is 11.3 Å². The number of sulfonamides is 1. The first-order chi connectivity index (χ1) is 9.78. The lowest BCUT2D eigenvalue weighted by Gasteiger charge is -2.08. The summed E-state index contributed by atoms with van der Waals surface area (Å²) >= 11 is 12.5. The highest BCUT2D eigenvalue weighted by atomic mass is 35.5. The summed E-state index contributed by atoms with van der Waals surface area (Å²) < 4.78 is 26.3. The topological polar surface area (TPSA) is 96.4 Å². The molecule has 0 fully saturated rings. The van der Waals surface area contributed by atoms with Crippen LogP contribution in [0.2, 0.25) is 10.0 Å². The molecule has 6 nitrogen and oxygen atoms in total. The van der Waals surface area contributed by atoms with Crippen molar-refractivity contribution in [2.24, 2.45) is 0 Å². The number of carbonyl (C=O) groups is 1. The number of rotatable bonds is 5. The van der Waals surface area contributed by atoms with Crippen LogP contribution < -0.4 is 4.72 Å². The molecule has 0 amide bonds. The van der Waals surface area contributed by atoms with Crippen LogP contribution in [0.5, 0.6) is 0 Å². The van der Waals surface area contributed by atoms with Gasteiger partial charge >= 0.3 is 5.97 Å². The third-order valence-corrected chi connectivity index (χ3v) is 5.04. The number of nitrogens with zero attached hydrogens (tertiary/aromatic N) is 1. The Hall–Kier alpha value is -1.35. The summed E-state index contributed by atoms with van der Waals surface area (Å²) in [4.78, 5) is 14.5. The van der Waals surface area contributed by atoms with Gasteiger partial charge in [-0.2, -0.15) is 0 Å². The Morgan fingerprint density at radius 2 is 2.10 bits per heavy atom. The number of anilines is 1. The van der Waals surface area contributed by atoms with E-state index in [1.54, 1.807) is 0 Å².